The van der Waals surface area contributed by atoms with Crippen molar-refractivity contribution < 1.29 is 119 Å². The molecule has 1 N–H and O–H groups in total. The number of carboxylic acid groups (broad SMARTS) is 1. The molecule has 0 radical (unpaired) electrons. The number of halogens is 17. The number of carbonyl (C=O) groups excluding carboxylic acids is 2. The Hall–Kier alpha value is -1.25. The summed E-state index contributed by atoms with van der Waals surface area (Å²) in [7, 11) is 0. The second kappa shape index (κ2) is 9.32. The molecule has 0 aliphatic rings. The molecular formula is C12H5F17NNaO3. The molecule has 1 unspecified atom stereocenters. The van der Waals surface area contributed by atoms with Crippen LogP contribution in [-0.4, -0.2) is 65.6 Å². The monoisotopic (exact) mass is 557 g/mol. The van der Waals surface area contributed by atoms with Gasteiger partial charge in [-0.3, -0.25) is 4.79 Å². The minimum atomic E-state index is -8.83. The zero-order valence-electron chi connectivity index (χ0n) is 15.7. The van der Waals surface area contributed by atoms with Gasteiger partial charge in [-0.1, -0.05) is 0 Å². The van der Waals surface area contributed by atoms with Crippen molar-refractivity contribution in [3.8, 4) is 0 Å². The fourth-order valence-corrected chi connectivity index (χ4v) is 1.65. The Morgan fingerprint density at radius 1 is 0.588 bits per heavy atom. The van der Waals surface area contributed by atoms with Crippen LogP contribution in [0.25, 0.3) is 0 Å². The van der Waals surface area contributed by atoms with Gasteiger partial charge in [0.25, 0.3) is 5.91 Å². The van der Waals surface area contributed by atoms with E-state index in [0.29, 0.717) is 0 Å². The van der Waals surface area contributed by atoms with Crippen molar-refractivity contribution in [2.75, 3.05) is 0 Å². The van der Waals surface area contributed by atoms with Gasteiger partial charge in [-0.25, -0.2) is 0 Å². The summed E-state index contributed by atoms with van der Waals surface area (Å²) in [5.41, 5.74) is 0. The molecule has 0 aromatic rings. The molecule has 0 bridgehead atoms. The molecule has 22 heteroatoms. The molecule has 34 heavy (non-hydrogen) atoms. The van der Waals surface area contributed by atoms with E-state index in [1.54, 1.807) is 0 Å². The van der Waals surface area contributed by atoms with Gasteiger partial charge in [0.15, 0.2) is 0 Å². The van der Waals surface area contributed by atoms with Crippen LogP contribution < -0.4 is 40.0 Å². The van der Waals surface area contributed by atoms with Crippen LogP contribution in [0.15, 0.2) is 0 Å². The van der Waals surface area contributed by atoms with Crippen LogP contribution in [0.1, 0.15) is 6.92 Å². The van der Waals surface area contributed by atoms with Gasteiger partial charge in [0.2, 0.25) is 0 Å². The van der Waals surface area contributed by atoms with E-state index < -0.39 is 65.6 Å². The van der Waals surface area contributed by atoms with E-state index in [1.807, 2.05) is 0 Å². The summed E-state index contributed by atoms with van der Waals surface area (Å²) in [6.45, 7) is 0.127. The van der Waals surface area contributed by atoms with Crippen LogP contribution >= 0.6 is 0 Å². The molecule has 1 amide bonds. The average molecular weight is 557 g/mol. The van der Waals surface area contributed by atoms with Crippen LogP contribution in [0.5, 0.6) is 0 Å². The van der Waals surface area contributed by atoms with E-state index in [2.05, 4.69) is 0 Å². The number of nitrogens with one attached hydrogen (secondary N) is 1. The normalized spacial score (nSPS) is 15.9. The molecule has 4 nitrogen and oxygen atoms in total. The average Bonchev–Trinajstić information content (AvgIpc) is 2.59. The summed E-state index contributed by atoms with van der Waals surface area (Å²) in [4.78, 5) is 21.1. The molecule has 0 fully saturated rings. The van der Waals surface area contributed by atoms with Crippen LogP contribution in [0.4, 0.5) is 74.6 Å². The maximum absolute atomic E-state index is 13.4. The zero-order chi connectivity index (χ0) is 27.4. The number of hydrogen-bond donors (Lipinski definition) is 1. The number of aliphatic carboxylic acids is 1. The first-order valence-electron chi connectivity index (χ1n) is 7.23. The maximum Gasteiger partial charge on any atom is 1.00 e. The van der Waals surface area contributed by atoms with Gasteiger partial charge in [-0.2, -0.15) is 74.6 Å². The molecule has 0 heterocycles. The van der Waals surface area contributed by atoms with E-state index in [4.69, 9.17) is 0 Å². The van der Waals surface area contributed by atoms with E-state index in [-0.39, 0.29) is 41.8 Å². The number of carbonyl (C=O) groups is 2. The Labute approximate surface area is 197 Å². The van der Waals surface area contributed by atoms with Gasteiger partial charge in [-0.05, 0) is 6.92 Å². The summed E-state index contributed by atoms with van der Waals surface area (Å²) in [5.74, 6) is -65.4. The minimum Gasteiger partial charge on any atom is -0.548 e. The van der Waals surface area contributed by atoms with Crippen LogP contribution in [0, 0.1) is 0 Å². The number of amides is 1. The third-order valence-electron chi connectivity index (χ3n) is 3.71. The van der Waals surface area contributed by atoms with Crippen molar-refractivity contribution >= 4 is 11.9 Å². The first kappa shape index (κ1) is 34.9. The van der Waals surface area contributed by atoms with Gasteiger partial charge >= 0.3 is 77.2 Å². The van der Waals surface area contributed by atoms with Crippen molar-refractivity contribution in [2.24, 2.45) is 0 Å². The summed E-state index contributed by atoms with van der Waals surface area (Å²) in [6.07, 6.45) is -7.88. The molecule has 196 valence electrons. The zero-order valence-corrected chi connectivity index (χ0v) is 17.7. The van der Waals surface area contributed by atoms with Gasteiger partial charge < -0.3 is 15.2 Å². The largest absolute Gasteiger partial charge is 1.00 e. The fourth-order valence-electron chi connectivity index (χ4n) is 1.65. The first-order valence-corrected chi connectivity index (χ1v) is 7.23. The Balaban J connectivity index is 0. The SMILES string of the molecule is CC(NC(=O)C(F)(F)C(F)(F)C(F)(F)C(F)(F)C(F)(F)C(F)(F)C(F)(F)C(F)(F)F)C(=O)[O-].[Na+]. The topological polar surface area (TPSA) is 69.2 Å². The molecule has 0 saturated heterocycles. The van der Waals surface area contributed by atoms with Gasteiger partial charge in [0.1, 0.15) is 0 Å². The number of alkyl halides is 17. The predicted molar refractivity (Wildman–Crippen MR) is 63.3 cm³/mol. The van der Waals surface area contributed by atoms with Crippen LogP contribution in [-0.2, 0) is 9.59 Å². The molecule has 0 aromatic heterocycles. The Bertz CT molecular complexity index is 778. The Morgan fingerprint density at radius 2 is 0.853 bits per heavy atom. The second-order valence-corrected chi connectivity index (χ2v) is 6.03. The predicted octanol–water partition coefficient (Wildman–Crippen LogP) is 0.254. The summed E-state index contributed by atoms with van der Waals surface area (Å²) >= 11 is 0. The molecule has 1 atom stereocenters. The van der Waals surface area contributed by atoms with Crippen molar-refractivity contribution in [1.82, 2.24) is 5.32 Å². The van der Waals surface area contributed by atoms with Gasteiger partial charge in [0.05, 0.1) is 12.0 Å². The molecule has 0 rings (SSSR count). The standard InChI is InChI=1S/C12H6F17NO3.Na/c1-2(3(31)32)30-4(33)5(13,14)6(15,16)7(17,18)8(19,20)9(21,22)10(23,24)11(25,26)12(27,28)29;/h2H,1H3,(H,30,33)(H,31,32);/q;+1/p-1. The second-order valence-electron chi connectivity index (χ2n) is 6.03. The van der Waals surface area contributed by atoms with E-state index in [1.165, 1.54) is 0 Å². The van der Waals surface area contributed by atoms with Gasteiger partial charge in [0, 0.05) is 0 Å². The molecule has 0 saturated carbocycles. The molecule has 0 aliphatic carbocycles. The summed E-state index contributed by atoms with van der Waals surface area (Å²) in [5, 5.41) is 10.5. The Morgan fingerprint density at radius 3 is 1.12 bits per heavy atom. The molecular weight excluding hydrogens is 552 g/mol. The summed E-state index contributed by atoms with van der Waals surface area (Å²) in [6, 6.07) is -2.77. The third-order valence-corrected chi connectivity index (χ3v) is 3.71. The van der Waals surface area contributed by atoms with E-state index >= 15 is 0 Å². The van der Waals surface area contributed by atoms with Crippen molar-refractivity contribution in [3.05, 3.63) is 0 Å². The third kappa shape index (κ3) is 4.74. The molecule has 0 spiro atoms. The van der Waals surface area contributed by atoms with E-state index in [9.17, 15) is 89.3 Å². The number of rotatable bonds is 9. The van der Waals surface area contributed by atoms with Crippen molar-refractivity contribution in [1.29, 1.82) is 0 Å². The summed E-state index contributed by atoms with van der Waals surface area (Å²) < 4.78 is 220. The van der Waals surface area contributed by atoms with Crippen molar-refractivity contribution in [3.63, 3.8) is 0 Å². The van der Waals surface area contributed by atoms with E-state index in [0.717, 1.165) is 0 Å². The fraction of sp³-hybridized carbons (Fsp3) is 0.833. The number of hydrogen-bond acceptors (Lipinski definition) is 3. The number of carboxylic acids is 1. The van der Waals surface area contributed by atoms with Crippen LogP contribution in [0.3, 0.4) is 0 Å². The van der Waals surface area contributed by atoms with Crippen LogP contribution in [0.2, 0.25) is 0 Å². The Kier molecular flexibility index (Phi) is 9.57. The maximum atomic E-state index is 13.4. The molecule has 0 aliphatic heterocycles. The van der Waals surface area contributed by atoms with Crippen molar-refractivity contribution in [2.45, 2.75) is 60.6 Å². The molecule has 0 aromatic carbocycles. The van der Waals surface area contributed by atoms with Gasteiger partial charge in [-0.15, -0.1) is 0 Å². The first-order chi connectivity index (χ1) is 14.0. The quantitative estimate of drug-likeness (QED) is 0.327. The smallest absolute Gasteiger partial charge is 0.548 e. The minimum absolute atomic E-state index is 0.